The molecular weight excluding hydrogens is 440 g/mol. The molecule has 180 valence electrons. The van der Waals surface area contributed by atoms with Crippen molar-refractivity contribution in [1.29, 1.82) is 0 Å². The van der Waals surface area contributed by atoms with Gasteiger partial charge in [-0.25, -0.2) is 0 Å². The van der Waals surface area contributed by atoms with E-state index in [1.165, 1.54) is 43.8 Å². The Labute approximate surface area is 211 Å². The van der Waals surface area contributed by atoms with Crippen LogP contribution in [-0.4, -0.2) is 11.6 Å². The van der Waals surface area contributed by atoms with Crippen LogP contribution in [0.4, 0.5) is 5.69 Å². The van der Waals surface area contributed by atoms with E-state index < -0.39 is 0 Å². The normalized spacial score (nSPS) is 13.0. The van der Waals surface area contributed by atoms with Crippen LogP contribution in [0.1, 0.15) is 30.5 Å². The van der Waals surface area contributed by atoms with E-state index in [1.807, 2.05) is 0 Å². The Morgan fingerprint density at radius 1 is 0.861 bits per heavy atom. The Kier molecular flexibility index (Phi) is 5.26. The van der Waals surface area contributed by atoms with Gasteiger partial charge < -0.3 is 8.98 Å². The summed E-state index contributed by atoms with van der Waals surface area (Å²) in [7, 11) is 4.30. The van der Waals surface area contributed by atoms with E-state index in [-0.39, 0.29) is 0 Å². The first-order valence-electron chi connectivity index (χ1n) is 12.8. The Bertz CT molecular complexity index is 1870. The lowest BCUT2D eigenvalue weighted by atomic mass is 9.92. The van der Waals surface area contributed by atoms with Crippen LogP contribution in [0.3, 0.4) is 0 Å². The second-order valence-electron chi connectivity index (χ2n) is 10.6. The van der Waals surface area contributed by atoms with Gasteiger partial charge in [-0.1, -0.05) is 50.2 Å². The molecule has 0 aliphatic carbocycles. The molecular formula is C33H33N2O+. The van der Waals surface area contributed by atoms with Crippen molar-refractivity contribution in [2.75, 3.05) is 7.05 Å². The highest BCUT2D eigenvalue weighted by molar-refractivity contribution is 6.19. The molecule has 6 aromatic rings. The first kappa shape index (κ1) is 22.6. The van der Waals surface area contributed by atoms with Crippen molar-refractivity contribution in [2.45, 2.75) is 34.1 Å². The highest BCUT2D eigenvalue weighted by Crippen LogP contribution is 2.39. The van der Waals surface area contributed by atoms with Gasteiger partial charge in [0.05, 0.1) is 16.4 Å². The van der Waals surface area contributed by atoms with Crippen LogP contribution in [0.5, 0.6) is 0 Å². The lowest BCUT2D eigenvalue weighted by molar-refractivity contribution is 0.640. The minimum atomic E-state index is 0.592. The topological polar surface area (TPSA) is 21.1 Å². The number of hydrogen-bond donors (Lipinski definition) is 0. The maximum absolute atomic E-state index is 6.76. The minimum Gasteiger partial charge on any atom is -0.454 e. The third kappa shape index (κ3) is 3.45. The monoisotopic (exact) mass is 473 g/mol. The fourth-order valence-electron chi connectivity index (χ4n) is 5.81. The van der Waals surface area contributed by atoms with Gasteiger partial charge in [0, 0.05) is 36.0 Å². The van der Waals surface area contributed by atoms with Gasteiger partial charge >= 0.3 is 0 Å². The van der Waals surface area contributed by atoms with Gasteiger partial charge in [0.1, 0.15) is 12.6 Å². The summed E-state index contributed by atoms with van der Waals surface area (Å²) in [6, 6.07) is 26.2. The van der Waals surface area contributed by atoms with Crippen molar-refractivity contribution in [3.63, 3.8) is 0 Å². The van der Waals surface area contributed by atoms with Crippen molar-refractivity contribution in [1.82, 2.24) is 9.14 Å². The van der Waals surface area contributed by atoms with E-state index >= 15 is 0 Å². The lowest BCUT2D eigenvalue weighted by Crippen LogP contribution is -2.22. The van der Waals surface area contributed by atoms with Gasteiger partial charge in [-0.05, 0) is 66.5 Å². The molecule has 3 heteroatoms. The van der Waals surface area contributed by atoms with Crippen LogP contribution in [0.2, 0.25) is 0 Å². The quantitative estimate of drug-likeness (QED) is 0.146. The van der Waals surface area contributed by atoms with Crippen LogP contribution in [0.15, 0.2) is 77.2 Å². The summed E-state index contributed by atoms with van der Waals surface area (Å²) in [6.07, 6.45) is 1.04. The van der Waals surface area contributed by atoms with Crippen LogP contribution in [0, 0.1) is 19.8 Å². The Morgan fingerprint density at radius 3 is 2.39 bits per heavy atom. The Morgan fingerprint density at radius 2 is 1.64 bits per heavy atom. The summed E-state index contributed by atoms with van der Waals surface area (Å²) in [6.45, 7) is 9.02. The largest absolute Gasteiger partial charge is 0.454 e. The first-order valence-corrected chi connectivity index (χ1v) is 12.8. The van der Waals surface area contributed by atoms with E-state index in [2.05, 4.69) is 124 Å². The summed E-state index contributed by atoms with van der Waals surface area (Å²) < 4.78 is 11.3. The molecule has 0 fully saturated rings. The SMILES string of the molecule is Cc1cc2cc(CC(C)C)cc3oc4cc5c(=[N+](C)c6ccccc6)cccc5n(C)c4c(c1C)c23. The highest BCUT2D eigenvalue weighted by atomic mass is 16.3. The number of hydrogen-bond acceptors (Lipinski definition) is 1. The molecule has 4 aromatic carbocycles. The summed E-state index contributed by atoms with van der Waals surface area (Å²) in [4.78, 5) is 0. The summed E-state index contributed by atoms with van der Waals surface area (Å²) in [5.74, 6) is 0.592. The number of para-hydroxylation sites is 1. The molecule has 0 amide bonds. The van der Waals surface area contributed by atoms with Gasteiger partial charge in [-0.3, -0.25) is 0 Å². The smallest absolute Gasteiger partial charge is 0.214 e. The van der Waals surface area contributed by atoms with Crippen LogP contribution in [0.25, 0.3) is 43.7 Å². The molecule has 2 aromatic heterocycles. The molecule has 0 radical (unpaired) electrons. The zero-order chi connectivity index (χ0) is 25.1. The molecule has 36 heavy (non-hydrogen) atoms. The average molecular weight is 474 g/mol. The molecule has 0 N–H and O–H groups in total. The maximum atomic E-state index is 6.76. The summed E-state index contributed by atoms with van der Waals surface area (Å²) >= 11 is 0. The molecule has 2 heterocycles. The van der Waals surface area contributed by atoms with Crippen LogP contribution < -0.4 is 9.93 Å². The molecule has 0 unspecified atom stereocenters. The number of aryl methyl sites for hydroxylation is 3. The van der Waals surface area contributed by atoms with E-state index in [4.69, 9.17) is 4.42 Å². The van der Waals surface area contributed by atoms with Crippen LogP contribution in [-0.2, 0) is 13.5 Å². The van der Waals surface area contributed by atoms with Gasteiger partial charge in [-0.2, -0.15) is 4.58 Å². The number of aromatic nitrogens is 1. The molecule has 0 bridgehead atoms. The number of rotatable bonds is 3. The summed E-state index contributed by atoms with van der Waals surface area (Å²) in [5, 5.41) is 6.12. The Hall–Kier alpha value is -3.85. The predicted octanol–water partition coefficient (Wildman–Crippen LogP) is 7.78. The first-order chi connectivity index (χ1) is 17.3. The van der Waals surface area contributed by atoms with Gasteiger partial charge in [0.15, 0.2) is 5.58 Å². The Balaban J connectivity index is 1.80. The van der Waals surface area contributed by atoms with E-state index in [1.54, 1.807) is 0 Å². The van der Waals surface area contributed by atoms with E-state index in [0.717, 1.165) is 34.1 Å². The molecule has 6 rings (SSSR count). The molecule has 0 saturated carbocycles. The minimum absolute atomic E-state index is 0.592. The van der Waals surface area contributed by atoms with E-state index in [9.17, 15) is 0 Å². The number of pyridine rings is 1. The maximum Gasteiger partial charge on any atom is 0.214 e. The highest BCUT2D eigenvalue weighted by Gasteiger charge is 2.19. The standard InChI is InChI=1S/C33H33N2O/c1-20(2)15-23-17-24-16-21(3)22(4)31-32(24)29(18-23)36-30-19-26-27(34(5)25-11-8-7-9-12-25)13-10-14-28(26)35(6)33(30)31/h7-14,16-20H,15H2,1-6H3/q+1. The van der Waals surface area contributed by atoms with Crippen molar-refractivity contribution in [2.24, 2.45) is 13.0 Å². The zero-order valence-electron chi connectivity index (χ0n) is 22.0. The second kappa shape index (κ2) is 8.37. The van der Waals surface area contributed by atoms with Crippen molar-refractivity contribution < 1.29 is 4.42 Å². The molecule has 0 aliphatic heterocycles. The number of benzene rings is 4. The zero-order valence-corrected chi connectivity index (χ0v) is 22.0. The molecule has 0 atom stereocenters. The molecule has 0 aliphatic rings. The lowest BCUT2D eigenvalue weighted by Gasteiger charge is -2.18. The number of nitrogens with zero attached hydrogens (tertiary/aromatic N) is 2. The molecule has 0 saturated heterocycles. The summed E-state index contributed by atoms with van der Waals surface area (Å²) in [5.41, 5.74) is 9.35. The van der Waals surface area contributed by atoms with E-state index in [0.29, 0.717) is 5.92 Å². The van der Waals surface area contributed by atoms with Gasteiger partial charge in [0.2, 0.25) is 11.0 Å². The number of fused-ring (bicyclic) bond motifs is 3. The van der Waals surface area contributed by atoms with Crippen LogP contribution >= 0.6 is 0 Å². The predicted molar refractivity (Wildman–Crippen MR) is 153 cm³/mol. The average Bonchev–Trinajstić information content (AvgIpc) is 2.86. The molecule has 3 nitrogen and oxygen atoms in total. The third-order valence-electron chi connectivity index (χ3n) is 7.65. The van der Waals surface area contributed by atoms with Crippen molar-refractivity contribution in [3.05, 3.63) is 94.8 Å². The molecule has 0 spiro atoms. The van der Waals surface area contributed by atoms with Gasteiger partial charge in [-0.15, -0.1) is 0 Å². The second-order valence-corrected chi connectivity index (χ2v) is 10.6. The fraction of sp³-hybridized carbons (Fsp3) is 0.242. The fourth-order valence-corrected chi connectivity index (χ4v) is 5.81. The van der Waals surface area contributed by atoms with Gasteiger partial charge in [0.25, 0.3) is 0 Å². The van der Waals surface area contributed by atoms with Crippen molar-refractivity contribution in [3.8, 4) is 0 Å². The van der Waals surface area contributed by atoms with Crippen molar-refractivity contribution >= 4 is 49.4 Å². The third-order valence-corrected chi connectivity index (χ3v) is 7.65.